The van der Waals surface area contributed by atoms with Gasteiger partial charge in [-0.2, -0.15) is 0 Å². The molecule has 4 rings (SSSR count). The van der Waals surface area contributed by atoms with Gasteiger partial charge in [0.1, 0.15) is 35.0 Å². The van der Waals surface area contributed by atoms with E-state index in [4.69, 9.17) is 5.11 Å². The van der Waals surface area contributed by atoms with E-state index in [0.29, 0.717) is 32.8 Å². The molecule has 0 radical (unpaired) electrons. The number of hydrogen-bond donors (Lipinski definition) is 3. The highest BCUT2D eigenvalue weighted by molar-refractivity contribution is 8.01. The highest BCUT2D eigenvalue weighted by atomic mass is 32.2. The smallest absolute Gasteiger partial charge is 0.352 e. The molecule has 0 aromatic carbocycles. The van der Waals surface area contributed by atoms with Gasteiger partial charge in [0.15, 0.2) is 4.34 Å². The highest BCUT2D eigenvalue weighted by Crippen LogP contribution is 2.41. The van der Waals surface area contributed by atoms with Crippen molar-refractivity contribution in [2.75, 3.05) is 18.1 Å². The van der Waals surface area contributed by atoms with Crippen LogP contribution in [0, 0.1) is 0 Å². The van der Waals surface area contributed by atoms with Crippen molar-refractivity contribution in [3.63, 3.8) is 0 Å². The van der Waals surface area contributed by atoms with Crippen LogP contribution in [-0.2, 0) is 27.3 Å². The van der Waals surface area contributed by atoms with Crippen LogP contribution in [0.15, 0.2) is 21.9 Å². The first-order valence-electron chi connectivity index (χ1n) is 8.94. The Morgan fingerprint density at radius 2 is 2.19 bits per heavy atom. The molecule has 16 heteroatoms. The van der Waals surface area contributed by atoms with E-state index in [0.717, 1.165) is 0 Å². The Bertz CT molecular complexity index is 1030. The number of amides is 2. The van der Waals surface area contributed by atoms with Crippen LogP contribution in [0.4, 0.5) is 0 Å². The molecule has 0 aliphatic carbocycles. The number of aliphatic carboxylic acids is 1. The molecule has 1 fully saturated rings. The average molecular weight is 485 g/mol. The van der Waals surface area contributed by atoms with Crippen LogP contribution >= 0.6 is 34.9 Å². The number of hydrogen-bond acceptors (Lipinski definition) is 12. The van der Waals surface area contributed by atoms with Gasteiger partial charge in [0.05, 0.1) is 0 Å². The number of carbonyl (C=O) groups excluding carboxylic acids is 2. The molecule has 1 saturated heterocycles. The topological polar surface area (TPSA) is 176 Å². The number of tetrazole rings is 1. The lowest BCUT2D eigenvalue weighted by Crippen LogP contribution is -2.70. The van der Waals surface area contributed by atoms with Crippen LogP contribution in [0.5, 0.6) is 0 Å². The Hall–Kier alpha value is -2.56. The van der Waals surface area contributed by atoms with Crippen molar-refractivity contribution in [3.8, 4) is 0 Å². The quantitative estimate of drug-likeness (QED) is 0.280. The second-order valence-corrected chi connectivity index (χ2v) is 9.83. The number of nitrogens with one attached hydrogen (secondary N) is 1. The molecule has 4 heterocycles. The van der Waals surface area contributed by atoms with E-state index in [1.54, 1.807) is 0 Å². The van der Waals surface area contributed by atoms with Gasteiger partial charge in [-0.05, 0) is 16.0 Å². The Morgan fingerprint density at radius 1 is 1.35 bits per heavy atom. The van der Waals surface area contributed by atoms with Gasteiger partial charge < -0.3 is 15.5 Å². The maximum atomic E-state index is 12.6. The third-order valence-electron chi connectivity index (χ3n) is 4.41. The molecule has 1 unspecified atom stereocenters. The fraction of sp³-hybridized carbons (Fsp3) is 0.467. The summed E-state index contributed by atoms with van der Waals surface area (Å²) in [5.41, 5.74) is 0.553. The zero-order chi connectivity index (χ0) is 22.0. The molecule has 3 N–H and O–H groups in total. The predicted molar refractivity (Wildman–Crippen MR) is 109 cm³/mol. The van der Waals surface area contributed by atoms with Crippen molar-refractivity contribution in [1.29, 1.82) is 0 Å². The Balaban J connectivity index is 1.41. The lowest BCUT2D eigenvalue weighted by atomic mass is 10.0. The van der Waals surface area contributed by atoms with Gasteiger partial charge >= 0.3 is 5.97 Å². The van der Waals surface area contributed by atoms with E-state index in [9.17, 15) is 19.5 Å². The van der Waals surface area contributed by atoms with Crippen LogP contribution in [0.1, 0.15) is 5.01 Å². The van der Waals surface area contributed by atoms with Crippen molar-refractivity contribution < 1.29 is 24.6 Å². The summed E-state index contributed by atoms with van der Waals surface area (Å²) >= 11 is 4.07. The maximum absolute atomic E-state index is 12.6. The molecule has 2 atom stereocenters. The van der Waals surface area contributed by atoms with E-state index in [2.05, 4.69) is 31.0 Å². The fourth-order valence-corrected chi connectivity index (χ4v) is 6.42. The molecule has 2 amide bonds. The van der Waals surface area contributed by atoms with Crippen LogP contribution in [0.25, 0.3) is 0 Å². The number of aliphatic hydroxyl groups is 1. The van der Waals surface area contributed by atoms with E-state index in [-0.39, 0.29) is 18.8 Å². The molecular weight excluding hydrogens is 468 g/mol. The molecule has 0 bridgehead atoms. The summed E-state index contributed by atoms with van der Waals surface area (Å²) in [6, 6.07) is -0.804. The lowest BCUT2D eigenvalue weighted by molar-refractivity contribution is -0.150. The minimum absolute atomic E-state index is 0.0177. The fourth-order valence-electron chi connectivity index (χ4n) is 3.06. The van der Waals surface area contributed by atoms with Gasteiger partial charge in [-0.15, -0.1) is 27.1 Å². The number of fused-ring (bicyclic) bond motifs is 1. The van der Waals surface area contributed by atoms with Gasteiger partial charge in [0, 0.05) is 24.5 Å². The number of aromatic nitrogens is 6. The first-order chi connectivity index (χ1) is 15.0. The first kappa shape index (κ1) is 21.7. The van der Waals surface area contributed by atoms with Crippen molar-refractivity contribution in [1.82, 2.24) is 40.6 Å². The van der Waals surface area contributed by atoms with Crippen LogP contribution < -0.4 is 5.32 Å². The second-order valence-electron chi connectivity index (χ2n) is 6.44. The SMILES string of the molecule is O=C(Cn1cnnn1)NC1C(=O)N2C(C(=O)O)=C(CSc3nnc(CCO)s3)CS[C@@H]12. The number of β-lactam (4-membered cyclic amide) rings is 1. The standard InChI is InChI=1S/C15H16N8O5S3/c24-2-1-9-18-19-15(31-9)30-5-7-4-29-13-10(12(26)23(13)11(7)14(27)28)17-8(25)3-22-6-16-20-21-22/h6,10,13,24H,1-5H2,(H,17,25)(H,27,28)/t10?,13-/m0/s1. The largest absolute Gasteiger partial charge is 0.477 e. The van der Waals surface area contributed by atoms with Crippen molar-refractivity contribution >= 4 is 52.6 Å². The van der Waals surface area contributed by atoms with Crippen LogP contribution in [0.2, 0.25) is 0 Å². The average Bonchev–Trinajstić information content (AvgIpc) is 3.42. The van der Waals surface area contributed by atoms with Crippen molar-refractivity contribution in [3.05, 3.63) is 22.6 Å². The summed E-state index contributed by atoms with van der Waals surface area (Å²) < 4.78 is 1.89. The van der Waals surface area contributed by atoms with E-state index >= 15 is 0 Å². The summed E-state index contributed by atoms with van der Waals surface area (Å²) in [5, 5.41) is 40.0. The molecule has 2 aromatic heterocycles. The summed E-state index contributed by atoms with van der Waals surface area (Å²) in [4.78, 5) is 37.9. The molecule has 0 spiro atoms. The van der Waals surface area contributed by atoms with Gasteiger partial charge in [-0.1, -0.05) is 23.1 Å². The Morgan fingerprint density at radius 3 is 2.90 bits per heavy atom. The molecule has 2 aliphatic heterocycles. The molecule has 31 heavy (non-hydrogen) atoms. The number of aliphatic hydroxyl groups excluding tert-OH is 1. The number of carboxylic acids is 1. The van der Waals surface area contributed by atoms with Crippen molar-refractivity contribution in [2.24, 2.45) is 0 Å². The third-order valence-corrected chi connectivity index (χ3v) is 7.95. The minimum atomic E-state index is -1.19. The summed E-state index contributed by atoms with van der Waals surface area (Å²) in [6.45, 7) is -0.159. The van der Waals surface area contributed by atoms with Crippen LogP contribution in [-0.4, -0.2) is 92.8 Å². The molecule has 13 nitrogen and oxygen atoms in total. The molecule has 164 valence electrons. The molecular formula is C15H16N8O5S3. The van der Waals surface area contributed by atoms with Crippen molar-refractivity contribution in [2.45, 2.75) is 28.7 Å². The maximum Gasteiger partial charge on any atom is 0.352 e. The third kappa shape index (κ3) is 4.56. The second kappa shape index (κ2) is 9.29. The zero-order valence-corrected chi connectivity index (χ0v) is 18.2. The summed E-state index contributed by atoms with van der Waals surface area (Å²) in [6.07, 6.45) is 1.70. The van der Waals surface area contributed by atoms with Gasteiger partial charge in [-0.3, -0.25) is 14.5 Å². The van der Waals surface area contributed by atoms with Gasteiger partial charge in [-0.25, -0.2) is 9.48 Å². The zero-order valence-electron chi connectivity index (χ0n) is 15.7. The van der Waals surface area contributed by atoms with E-state index in [1.165, 1.54) is 50.8 Å². The highest BCUT2D eigenvalue weighted by Gasteiger charge is 2.54. The molecule has 2 aliphatic rings. The van der Waals surface area contributed by atoms with Gasteiger partial charge in [0.2, 0.25) is 5.91 Å². The van der Waals surface area contributed by atoms with E-state index in [1.807, 2.05) is 0 Å². The predicted octanol–water partition coefficient (Wildman–Crippen LogP) is -1.41. The number of nitrogens with zero attached hydrogens (tertiary/aromatic N) is 7. The molecule has 2 aromatic rings. The number of carboxylic acid groups (broad SMARTS) is 1. The van der Waals surface area contributed by atoms with E-state index < -0.39 is 29.2 Å². The first-order valence-corrected chi connectivity index (χ1v) is 11.8. The van der Waals surface area contributed by atoms with Crippen LogP contribution in [0.3, 0.4) is 0 Å². The molecule has 0 saturated carbocycles. The lowest BCUT2D eigenvalue weighted by Gasteiger charge is -2.49. The number of carbonyl (C=O) groups is 3. The summed E-state index contributed by atoms with van der Waals surface area (Å²) in [5.74, 6) is -1.35. The Labute approximate surface area is 187 Å². The number of rotatable bonds is 9. The number of thioether (sulfide) groups is 2. The van der Waals surface area contributed by atoms with Gasteiger partial charge in [0.25, 0.3) is 5.91 Å². The Kier molecular flexibility index (Phi) is 6.49. The normalized spacial score (nSPS) is 20.4. The minimum Gasteiger partial charge on any atom is -0.477 e. The monoisotopic (exact) mass is 484 g/mol. The summed E-state index contributed by atoms with van der Waals surface area (Å²) in [7, 11) is 0.